The maximum absolute atomic E-state index is 9.07. The van der Waals surface area contributed by atoms with Crippen LogP contribution in [-0.2, 0) is 4.74 Å². The first-order valence-corrected chi connectivity index (χ1v) is 4.59. The summed E-state index contributed by atoms with van der Waals surface area (Å²) in [6, 6.07) is 0. The van der Waals surface area contributed by atoms with Crippen molar-refractivity contribution in [3.8, 4) is 0 Å². The fraction of sp³-hybridized carbons (Fsp3) is 1.00. The number of hydrogen-bond donors (Lipinski definition) is 2. The summed E-state index contributed by atoms with van der Waals surface area (Å²) in [4.78, 5) is 0. The van der Waals surface area contributed by atoms with E-state index < -0.39 is 5.54 Å². The topological polar surface area (TPSA) is 55.5 Å². The Morgan fingerprint density at radius 2 is 2.33 bits per heavy atom. The molecule has 3 nitrogen and oxygen atoms in total. The number of hydrogen-bond acceptors (Lipinski definition) is 3. The summed E-state index contributed by atoms with van der Waals surface area (Å²) in [7, 11) is 0. The third-order valence-corrected chi connectivity index (χ3v) is 2.60. The van der Waals surface area contributed by atoms with Crippen LogP contribution in [0.25, 0.3) is 0 Å². The van der Waals surface area contributed by atoms with Crippen LogP contribution in [0.1, 0.15) is 26.7 Å². The van der Waals surface area contributed by atoms with Crippen LogP contribution in [0.2, 0.25) is 0 Å². The average Bonchev–Trinajstić information content (AvgIpc) is 2.05. The maximum Gasteiger partial charge on any atom is 0.0616 e. The van der Waals surface area contributed by atoms with Crippen molar-refractivity contribution in [1.29, 1.82) is 0 Å². The van der Waals surface area contributed by atoms with E-state index in [1.807, 2.05) is 0 Å². The van der Waals surface area contributed by atoms with E-state index in [-0.39, 0.29) is 12.7 Å². The number of aliphatic hydroxyl groups excluding tert-OH is 1. The molecule has 2 atom stereocenters. The SMILES string of the molecule is CC(C)C1CC(N)(CO)CCO1. The Hall–Kier alpha value is -0.120. The van der Waals surface area contributed by atoms with E-state index in [4.69, 9.17) is 15.6 Å². The van der Waals surface area contributed by atoms with Crippen molar-refractivity contribution in [2.75, 3.05) is 13.2 Å². The molecule has 1 saturated heterocycles. The molecule has 2 unspecified atom stereocenters. The zero-order valence-electron chi connectivity index (χ0n) is 7.92. The molecule has 0 aliphatic carbocycles. The van der Waals surface area contributed by atoms with Gasteiger partial charge in [0.1, 0.15) is 0 Å². The fourth-order valence-electron chi connectivity index (χ4n) is 1.55. The zero-order valence-corrected chi connectivity index (χ0v) is 7.92. The van der Waals surface area contributed by atoms with Crippen LogP contribution in [-0.4, -0.2) is 30.0 Å². The van der Waals surface area contributed by atoms with Crippen LogP contribution < -0.4 is 5.73 Å². The molecule has 1 rings (SSSR count). The minimum atomic E-state index is -0.396. The van der Waals surface area contributed by atoms with E-state index in [1.165, 1.54) is 0 Å². The van der Waals surface area contributed by atoms with Gasteiger partial charge >= 0.3 is 0 Å². The normalized spacial score (nSPS) is 37.2. The second kappa shape index (κ2) is 3.73. The summed E-state index contributed by atoms with van der Waals surface area (Å²) in [5.74, 6) is 0.486. The highest BCUT2D eigenvalue weighted by atomic mass is 16.5. The van der Waals surface area contributed by atoms with E-state index in [0.717, 1.165) is 12.8 Å². The van der Waals surface area contributed by atoms with Crippen molar-refractivity contribution < 1.29 is 9.84 Å². The number of rotatable bonds is 2. The van der Waals surface area contributed by atoms with Gasteiger partial charge in [-0.25, -0.2) is 0 Å². The van der Waals surface area contributed by atoms with Crippen molar-refractivity contribution in [2.45, 2.75) is 38.3 Å². The quantitative estimate of drug-likeness (QED) is 0.639. The Balaban J connectivity index is 2.51. The van der Waals surface area contributed by atoms with Gasteiger partial charge in [0.15, 0.2) is 0 Å². The van der Waals surface area contributed by atoms with Gasteiger partial charge in [0.2, 0.25) is 0 Å². The van der Waals surface area contributed by atoms with Crippen molar-refractivity contribution in [2.24, 2.45) is 11.7 Å². The van der Waals surface area contributed by atoms with Gasteiger partial charge in [0.25, 0.3) is 0 Å². The smallest absolute Gasteiger partial charge is 0.0616 e. The summed E-state index contributed by atoms with van der Waals surface area (Å²) < 4.78 is 5.55. The highest BCUT2D eigenvalue weighted by molar-refractivity contribution is 4.90. The van der Waals surface area contributed by atoms with Gasteiger partial charge in [0, 0.05) is 12.1 Å². The monoisotopic (exact) mass is 173 g/mol. The first-order chi connectivity index (χ1) is 5.57. The Bertz CT molecular complexity index is 149. The first-order valence-electron chi connectivity index (χ1n) is 4.59. The zero-order chi connectivity index (χ0) is 9.19. The number of nitrogens with two attached hydrogens (primary N) is 1. The molecule has 0 aromatic rings. The van der Waals surface area contributed by atoms with Crippen molar-refractivity contribution >= 4 is 0 Å². The van der Waals surface area contributed by atoms with E-state index in [1.54, 1.807) is 0 Å². The second-order valence-corrected chi connectivity index (χ2v) is 4.13. The molecule has 3 heteroatoms. The lowest BCUT2D eigenvalue weighted by Gasteiger charge is -2.38. The largest absolute Gasteiger partial charge is 0.394 e. The molecule has 12 heavy (non-hydrogen) atoms. The van der Waals surface area contributed by atoms with Gasteiger partial charge in [-0.15, -0.1) is 0 Å². The van der Waals surface area contributed by atoms with E-state index in [9.17, 15) is 0 Å². The molecule has 0 spiro atoms. The molecular weight excluding hydrogens is 154 g/mol. The Morgan fingerprint density at radius 1 is 1.67 bits per heavy atom. The standard InChI is InChI=1S/C9H19NO2/c1-7(2)8-5-9(10,6-11)3-4-12-8/h7-8,11H,3-6,10H2,1-2H3. The summed E-state index contributed by atoms with van der Waals surface area (Å²) in [6.07, 6.45) is 1.77. The average molecular weight is 173 g/mol. The molecule has 0 aromatic heterocycles. The minimum absolute atomic E-state index is 0.0690. The van der Waals surface area contributed by atoms with Crippen LogP contribution in [0.15, 0.2) is 0 Å². The van der Waals surface area contributed by atoms with E-state index >= 15 is 0 Å². The van der Waals surface area contributed by atoms with Crippen molar-refractivity contribution in [3.05, 3.63) is 0 Å². The minimum Gasteiger partial charge on any atom is -0.394 e. The summed E-state index contributed by atoms with van der Waals surface area (Å²) in [5, 5.41) is 9.07. The Labute approximate surface area is 73.9 Å². The van der Waals surface area contributed by atoms with E-state index in [2.05, 4.69) is 13.8 Å². The maximum atomic E-state index is 9.07. The summed E-state index contributed by atoms with van der Waals surface area (Å²) >= 11 is 0. The third kappa shape index (κ3) is 2.19. The lowest BCUT2D eigenvalue weighted by molar-refractivity contribution is -0.0536. The molecule has 0 aromatic carbocycles. The highest BCUT2D eigenvalue weighted by Crippen LogP contribution is 2.25. The predicted octanol–water partition coefficient (Wildman–Crippen LogP) is 0.511. The van der Waals surface area contributed by atoms with Gasteiger partial charge in [-0.1, -0.05) is 13.8 Å². The fourth-order valence-corrected chi connectivity index (χ4v) is 1.55. The predicted molar refractivity (Wildman–Crippen MR) is 47.8 cm³/mol. The molecule has 0 radical (unpaired) electrons. The van der Waals surface area contributed by atoms with Crippen LogP contribution in [0, 0.1) is 5.92 Å². The van der Waals surface area contributed by atoms with Crippen molar-refractivity contribution in [1.82, 2.24) is 0 Å². The molecule has 1 fully saturated rings. The molecule has 0 bridgehead atoms. The van der Waals surface area contributed by atoms with Crippen LogP contribution >= 0.6 is 0 Å². The summed E-state index contributed by atoms with van der Waals surface area (Å²) in [5.41, 5.74) is 5.56. The van der Waals surface area contributed by atoms with E-state index in [0.29, 0.717) is 12.5 Å². The third-order valence-electron chi connectivity index (χ3n) is 2.60. The van der Waals surface area contributed by atoms with Gasteiger partial charge in [-0.2, -0.15) is 0 Å². The van der Waals surface area contributed by atoms with Gasteiger partial charge in [0.05, 0.1) is 12.7 Å². The second-order valence-electron chi connectivity index (χ2n) is 4.13. The van der Waals surface area contributed by atoms with Crippen LogP contribution in [0.5, 0.6) is 0 Å². The molecule has 0 saturated carbocycles. The molecule has 0 amide bonds. The lowest BCUT2D eigenvalue weighted by Crippen LogP contribution is -2.52. The molecule has 72 valence electrons. The number of aliphatic hydroxyl groups is 1. The first kappa shape index (κ1) is 9.96. The van der Waals surface area contributed by atoms with Gasteiger partial charge in [-0.3, -0.25) is 0 Å². The lowest BCUT2D eigenvalue weighted by atomic mass is 9.85. The summed E-state index contributed by atoms with van der Waals surface area (Å²) in [6.45, 7) is 4.99. The Kier molecular flexibility index (Phi) is 3.09. The molecule has 3 N–H and O–H groups in total. The molecule has 1 aliphatic rings. The van der Waals surface area contributed by atoms with Gasteiger partial charge < -0.3 is 15.6 Å². The van der Waals surface area contributed by atoms with Crippen LogP contribution in [0.3, 0.4) is 0 Å². The molecule has 1 aliphatic heterocycles. The van der Waals surface area contributed by atoms with Crippen molar-refractivity contribution in [3.63, 3.8) is 0 Å². The van der Waals surface area contributed by atoms with Gasteiger partial charge in [-0.05, 0) is 18.8 Å². The Morgan fingerprint density at radius 3 is 2.83 bits per heavy atom. The number of ether oxygens (including phenoxy) is 1. The molecular formula is C9H19NO2. The molecule has 1 heterocycles. The van der Waals surface area contributed by atoms with Crippen LogP contribution in [0.4, 0.5) is 0 Å². The highest BCUT2D eigenvalue weighted by Gasteiger charge is 2.33.